The summed E-state index contributed by atoms with van der Waals surface area (Å²) in [6.45, 7) is 8.30. The summed E-state index contributed by atoms with van der Waals surface area (Å²) in [5.41, 5.74) is 6.82. The Balaban J connectivity index is 2.26. The van der Waals surface area contributed by atoms with Gasteiger partial charge in [-0.25, -0.2) is 9.97 Å². The van der Waals surface area contributed by atoms with Crippen LogP contribution in [0, 0.1) is 27.7 Å². The zero-order valence-corrected chi connectivity index (χ0v) is 11.7. The molecule has 0 radical (unpaired) electrons. The molecule has 1 aromatic carbocycles. The molecule has 0 N–H and O–H groups in total. The molecule has 0 fully saturated rings. The molecule has 3 nitrogen and oxygen atoms in total. The predicted octanol–water partition coefficient (Wildman–Crippen LogP) is 3.63. The van der Waals surface area contributed by atoms with E-state index in [1.807, 2.05) is 11.3 Å². The van der Waals surface area contributed by atoms with E-state index in [2.05, 4.69) is 61.2 Å². The Morgan fingerprint density at radius 3 is 2.53 bits per heavy atom. The molecule has 0 saturated heterocycles. The molecule has 0 aliphatic rings. The summed E-state index contributed by atoms with van der Waals surface area (Å²) in [5, 5.41) is 0. The van der Waals surface area contributed by atoms with Crippen molar-refractivity contribution in [3.05, 3.63) is 53.0 Å². The lowest BCUT2D eigenvalue weighted by molar-refractivity contribution is 1.01. The minimum Gasteiger partial charge on any atom is -0.288 e. The van der Waals surface area contributed by atoms with Crippen molar-refractivity contribution in [2.75, 3.05) is 0 Å². The first-order valence-corrected chi connectivity index (χ1v) is 6.45. The fourth-order valence-electron chi connectivity index (χ4n) is 2.41. The number of benzene rings is 1. The van der Waals surface area contributed by atoms with Gasteiger partial charge in [0, 0.05) is 23.1 Å². The first kappa shape index (κ1) is 11.9. The van der Waals surface area contributed by atoms with Crippen molar-refractivity contribution in [3.8, 4) is 11.3 Å². The number of hydrogen-bond donors (Lipinski definition) is 0. The van der Waals surface area contributed by atoms with Crippen LogP contribution in [0.5, 0.6) is 0 Å². The number of aromatic nitrogens is 3. The van der Waals surface area contributed by atoms with Crippen LogP contribution in [0.25, 0.3) is 17.0 Å². The van der Waals surface area contributed by atoms with Crippen molar-refractivity contribution in [1.29, 1.82) is 0 Å². The van der Waals surface area contributed by atoms with Crippen LogP contribution in [-0.2, 0) is 0 Å². The average Bonchev–Trinajstić information content (AvgIpc) is 2.76. The number of fused-ring (bicyclic) bond motifs is 1. The van der Waals surface area contributed by atoms with E-state index < -0.39 is 0 Å². The van der Waals surface area contributed by atoms with Crippen molar-refractivity contribution in [1.82, 2.24) is 14.4 Å². The maximum absolute atomic E-state index is 4.66. The summed E-state index contributed by atoms with van der Waals surface area (Å²) >= 11 is 0. The molecule has 0 bridgehead atoms. The quantitative estimate of drug-likeness (QED) is 0.661. The molecule has 0 amide bonds. The van der Waals surface area contributed by atoms with E-state index in [4.69, 9.17) is 0 Å². The Kier molecular flexibility index (Phi) is 2.63. The highest BCUT2D eigenvalue weighted by Gasteiger charge is 2.09. The van der Waals surface area contributed by atoms with Crippen LogP contribution >= 0.6 is 0 Å². The van der Waals surface area contributed by atoms with Gasteiger partial charge in [0.2, 0.25) is 5.78 Å². The van der Waals surface area contributed by atoms with E-state index in [9.17, 15) is 0 Å². The molecule has 3 aromatic rings. The normalized spacial score (nSPS) is 11.2. The van der Waals surface area contributed by atoms with Gasteiger partial charge in [-0.15, -0.1) is 0 Å². The predicted molar refractivity (Wildman–Crippen MR) is 77.4 cm³/mol. The average molecular weight is 251 g/mol. The molecule has 96 valence electrons. The summed E-state index contributed by atoms with van der Waals surface area (Å²) in [5.74, 6) is 0.772. The summed E-state index contributed by atoms with van der Waals surface area (Å²) in [6, 6.07) is 8.52. The second-order valence-electron chi connectivity index (χ2n) is 5.15. The van der Waals surface area contributed by atoms with Crippen LogP contribution in [0.2, 0.25) is 0 Å². The van der Waals surface area contributed by atoms with Crippen molar-refractivity contribution in [3.63, 3.8) is 0 Å². The molecule has 2 aromatic heterocycles. The Morgan fingerprint density at radius 2 is 1.74 bits per heavy atom. The summed E-state index contributed by atoms with van der Waals surface area (Å²) in [4.78, 5) is 9.15. The van der Waals surface area contributed by atoms with Gasteiger partial charge in [0.15, 0.2) is 0 Å². The number of hydrogen-bond acceptors (Lipinski definition) is 2. The lowest BCUT2D eigenvalue weighted by Gasteiger charge is -2.03. The molecule has 3 rings (SSSR count). The van der Waals surface area contributed by atoms with Crippen molar-refractivity contribution in [2.45, 2.75) is 27.7 Å². The summed E-state index contributed by atoms with van der Waals surface area (Å²) in [6.07, 6.45) is 2.07. The first-order valence-electron chi connectivity index (χ1n) is 6.45. The van der Waals surface area contributed by atoms with Crippen LogP contribution in [0.3, 0.4) is 0 Å². The van der Waals surface area contributed by atoms with Gasteiger partial charge in [0.25, 0.3) is 0 Å². The van der Waals surface area contributed by atoms with Crippen molar-refractivity contribution in [2.24, 2.45) is 0 Å². The zero-order chi connectivity index (χ0) is 13.6. The SMILES string of the molecule is Cc1ccc(C)c(-c2cn3c(C)cc(C)nc3n2)c1. The highest BCUT2D eigenvalue weighted by molar-refractivity contribution is 5.66. The van der Waals surface area contributed by atoms with E-state index in [-0.39, 0.29) is 0 Å². The highest BCUT2D eigenvalue weighted by Crippen LogP contribution is 2.24. The lowest BCUT2D eigenvalue weighted by atomic mass is 10.0. The second kappa shape index (κ2) is 4.19. The third kappa shape index (κ3) is 2.01. The number of nitrogens with zero attached hydrogens (tertiary/aromatic N) is 3. The number of imidazole rings is 1. The van der Waals surface area contributed by atoms with Gasteiger partial charge in [0.05, 0.1) is 5.69 Å². The van der Waals surface area contributed by atoms with E-state index in [0.29, 0.717) is 0 Å². The molecule has 0 atom stereocenters. The van der Waals surface area contributed by atoms with E-state index in [0.717, 1.165) is 22.9 Å². The van der Waals surface area contributed by atoms with Crippen LogP contribution in [0.15, 0.2) is 30.5 Å². The lowest BCUT2D eigenvalue weighted by Crippen LogP contribution is -1.94. The molecule has 0 saturated carbocycles. The fraction of sp³-hybridized carbons (Fsp3) is 0.250. The van der Waals surface area contributed by atoms with E-state index in [1.165, 1.54) is 16.7 Å². The van der Waals surface area contributed by atoms with E-state index in [1.54, 1.807) is 0 Å². The molecular formula is C16H17N3. The third-order valence-electron chi connectivity index (χ3n) is 3.43. The van der Waals surface area contributed by atoms with Crippen LogP contribution in [0.4, 0.5) is 0 Å². The highest BCUT2D eigenvalue weighted by atomic mass is 15.1. The number of aryl methyl sites for hydroxylation is 4. The van der Waals surface area contributed by atoms with Gasteiger partial charge >= 0.3 is 0 Å². The second-order valence-corrected chi connectivity index (χ2v) is 5.15. The molecule has 0 aliphatic heterocycles. The maximum Gasteiger partial charge on any atom is 0.234 e. The number of rotatable bonds is 1. The Bertz CT molecular complexity index is 769. The fourth-order valence-corrected chi connectivity index (χ4v) is 2.41. The zero-order valence-electron chi connectivity index (χ0n) is 11.7. The molecule has 0 spiro atoms. The standard InChI is InChI=1S/C16H17N3/c1-10-5-6-11(2)14(7-10)15-9-19-13(4)8-12(3)17-16(19)18-15/h5-9H,1-4H3. The Morgan fingerprint density at radius 1 is 0.947 bits per heavy atom. The molecular weight excluding hydrogens is 234 g/mol. The Hall–Kier alpha value is -2.16. The molecule has 19 heavy (non-hydrogen) atoms. The van der Waals surface area contributed by atoms with Crippen LogP contribution in [0.1, 0.15) is 22.5 Å². The van der Waals surface area contributed by atoms with Gasteiger partial charge in [-0.3, -0.25) is 4.40 Å². The summed E-state index contributed by atoms with van der Waals surface area (Å²) < 4.78 is 2.05. The van der Waals surface area contributed by atoms with Gasteiger partial charge in [-0.1, -0.05) is 17.7 Å². The Labute approximate surface area is 113 Å². The molecule has 3 heteroatoms. The van der Waals surface area contributed by atoms with Gasteiger partial charge in [0.1, 0.15) is 0 Å². The largest absolute Gasteiger partial charge is 0.288 e. The summed E-state index contributed by atoms with van der Waals surface area (Å²) in [7, 11) is 0. The van der Waals surface area contributed by atoms with Crippen molar-refractivity contribution >= 4 is 5.78 Å². The van der Waals surface area contributed by atoms with Crippen LogP contribution in [-0.4, -0.2) is 14.4 Å². The monoisotopic (exact) mass is 251 g/mol. The molecule has 0 aliphatic carbocycles. The maximum atomic E-state index is 4.66. The van der Waals surface area contributed by atoms with E-state index >= 15 is 0 Å². The van der Waals surface area contributed by atoms with Gasteiger partial charge in [-0.05, 0) is 45.4 Å². The van der Waals surface area contributed by atoms with Gasteiger partial charge < -0.3 is 0 Å². The molecule has 0 unspecified atom stereocenters. The minimum absolute atomic E-state index is 0.772. The topological polar surface area (TPSA) is 30.2 Å². The smallest absolute Gasteiger partial charge is 0.234 e. The first-order chi connectivity index (χ1) is 9.04. The minimum atomic E-state index is 0.772. The third-order valence-corrected chi connectivity index (χ3v) is 3.43. The molecule has 2 heterocycles. The van der Waals surface area contributed by atoms with Crippen molar-refractivity contribution < 1.29 is 0 Å². The van der Waals surface area contributed by atoms with Crippen LogP contribution < -0.4 is 0 Å². The van der Waals surface area contributed by atoms with Gasteiger partial charge in [-0.2, -0.15) is 0 Å².